The molecule has 0 aromatic carbocycles. The maximum absolute atomic E-state index is 12.0. The molecule has 110 valence electrons. The molecule has 1 aromatic heterocycles. The fourth-order valence-electron chi connectivity index (χ4n) is 2.13. The van der Waals surface area contributed by atoms with E-state index in [2.05, 4.69) is 10.0 Å². The van der Waals surface area contributed by atoms with Gasteiger partial charge in [0.1, 0.15) is 4.21 Å². The van der Waals surface area contributed by atoms with Gasteiger partial charge in [0.15, 0.2) is 0 Å². The molecule has 4 nitrogen and oxygen atoms in total. The number of hydrogen-bond donors (Lipinski definition) is 2. The molecule has 1 aliphatic rings. The summed E-state index contributed by atoms with van der Waals surface area (Å²) in [6, 6.07) is 4.06. The van der Waals surface area contributed by atoms with Crippen molar-refractivity contribution in [3.8, 4) is 0 Å². The van der Waals surface area contributed by atoms with Gasteiger partial charge in [0.25, 0.3) is 0 Å². The summed E-state index contributed by atoms with van der Waals surface area (Å²) in [5, 5.41) is 3.36. The van der Waals surface area contributed by atoms with Crippen molar-refractivity contribution in [2.24, 2.45) is 0 Å². The van der Waals surface area contributed by atoms with E-state index in [1.165, 1.54) is 17.8 Å². The molecule has 1 saturated heterocycles. The molecule has 0 spiro atoms. The maximum atomic E-state index is 12.0. The fourth-order valence-corrected chi connectivity index (χ4v) is 4.52. The van der Waals surface area contributed by atoms with Crippen LogP contribution in [-0.4, -0.2) is 27.5 Å². The normalized spacial score (nSPS) is 19.3. The molecule has 0 saturated carbocycles. The number of halogens is 1. The zero-order chi connectivity index (χ0) is 13.0. The third-order valence-electron chi connectivity index (χ3n) is 3.20. The van der Waals surface area contributed by atoms with Gasteiger partial charge >= 0.3 is 0 Å². The molecule has 0 bridgehead atoms. The molecule has 0 amide bonds. The van der Waals surface area contributed by atoms with Crippen LogP contribution in [0.4, 0.5) is 0 Å². The Labute approximate surface area is 125 Å². The zero-order valence-electron chi connectivity index (χ0n) is 11.0. The lowest BCUT2D eigenvalue weighted by Gasteiger charge is -2.10. The van der Waals surface area contributed by atoms with Gasteiger partial charge in [-0.3, -0.25) is 0 Å². The topological polar surface area (TPSA) is 58.2 Å². The van der Waals surface area contributed by atoms with Crippen LogP contribution in [0.5, 0.6) is 0 Å². The highest BCUT2D eigenvalue weighted by Crippen LogP contribution is 2.21. The standard InChI is InChI=1S/C12H20N2O2S2.ClH/c1-2-11-5-6-12(17-11)18(15,16)14-9-7-10-4-3-8-13-10;/h5-6,10,13-14H,2-4,7-9H2,1H3;1H/t10-;/m1./s1. The number of sulfonamides is 1. The van der Waals surface area contributed by atoms with E-state index in [1.807, 2.05) is 13.0 Å². The van der Waals surface area contributed by atoms with Gasteiger partial charge in [0, 0.05) is 17.5 Å². The summed E-state index contributed by atoms with van der Waals surface area (Å²) in [6.45, 7) is 3.60. The molecule has 1 aliphatic heterocycles. The van der Waals surface area contributed by atoms with Crippen molar-refractivity contribution in [1.82, 2.24) is 10.0 Å². The molecule has 2 N–H and O–H groups in total. The highest BCUT2D eigenvalue weighted by atomic mass is 35.5. The first-order valence-corrected chi connectivity index (χ1v) is 8.73. The summed E-state index contributed by atoms with van der Waals surface area (Å²) in [5.41, 5.74) is 0. The molecule has 2 rings (SSSR count). The van der Waals surface area contributed by atoms with E-state index >= 15 is 0 Å². The van der Waals surface area contributed by atoms with Crippen molar-refractivity contribution in [2.45, 2.75) is 42.9 Å². The van der Waals surface area contributed by atoms with Crippen LogP contribution in [0.2, 0.25) is 0 Å². The summed E-state index contributed by atoms with van der Waals surface area (Å²) in [4.78, 5) is 1.10. The molecule has 0 radical (unpaired) electrons. The van der Waals surface area contributed by atoms with Crippen molar-refractivity contribution in [1.29, 1.82) is 0 Å². The second kappa shape index (κ2) is 7.59. The Hall–Kier alpha value is -0.140. The van der Waals surface area contributed by atoms with E-state index < -0.39 is 10.0 Å². The first kappa shape index (κ1) is 16.9. The van der Waals surface area contributed by atoms with E-state index in [4.69, 9.17) is 0 Å². The monoisotopic (exact) mass is 324 g/mol. The van der Waals surface area contributed by atoms with E-state index in [1.54, 1.807) is 6.07 Å². The van der Waals surface area contributed by atoms with Crippen molar-refractivity contribution >= 4 is 33.8 Å². The highest BCUT2D eigenvalue weighted by molar-refractivity contribution is 7.91. The van der Waals surface area contributed by atoms with Crippen molar-refractivity contribution in [2.75, 3.05) is 13.1 Å². The minimum Gasteiger partial charge on any atom is -0.314 e. The second-order valence-electron chi connectivity index (χ2n) is 4.55. The van der Waals surface area contributed by atoms with Gasteiger partial charge in [-0.1, -0.05) is 6.92 Å². The van der Waals surface area contributed by atoms with E-state index in [-0.39, 0.29) is 12.4 Å². The van der Waals surface area contributed by atoms with Gasteiger partial charge < -0.3 is 5.32 Å². The van der Waals surface area contributed by atoms with Crippen LogP contribution in [0, 0.1) is 0 Å². The number of rotatable bonds is 6. The van der Waals surface area contributed by atoms with Gasteiger partial charge in [-0.15, -0.1) is 23.7 Å². The number of aryl methyl sites for hydroxylation is 1. The maximum Gasteiger partial charge on any atom is 0.250 e. The van der Waals surface area contributed by atoms with Crippen LogP contribution in [-0.2, 0) is 16.4 Å². The Balaban J connectivity index is 0.00000180. The fraction of sp³-hybridized carbons (Fsp3) is 0.667. The molecule has 0 unspecified atom stereocenters. The van der Waals surface area contributed by atoms with Gasteiger partial charge in [-0.2, -0.15) is 0 Å². The summed E-state index contributed by atoms with van der Waals surface area (Å²) in [7, 11) is -3.30. The molecule has 19 heavy (non-hydrogen) atoms. The Morgan fingerprint density at radius 1 is 1.47 bits per heavy atom. The summed E-state index contributed by atoms with van der Waals surface area (Å²) >= 11 is 1.36. The van der Waals surface area contributed by atoms with Gasteiger partial charge in [-0.05, 0) is 44.4 Å². The summed E-state index contributed by atoms with van der Waals surface area (Å²) in [5.74, 6) is 0. The van der Waals surface area contributed by atoms with Crippen LogP contribution in [0.3, 0.4) is 0 Å². The molecule has 1 fully saturated rings. The molecule has 1 aromatic rings. The molecular formula is C12H21ClN2O2S2. The highest BCUT2D eigenvalue weighted by Gasteiger charge is 2.18. The van der Waals surface area contributed by atoms with E-state index in [9.17, 15) is 8.42 Å². The Morgan fingerprint density at radius 2 is 2.26 bits per heavy atom. The number of nitrogens with one attached hydrogen (secondary N) is 2. The minimum atomic E-state index is -3.30. The smallest absolute Gasteiger partial charge is 0.250 e. The van der Waals surface area contributed by atoms with Crippen LogP contribution in [0.15, 0.2) is 16.3 Å². The Kier molecular flexibility index (Phi) is 6.76. The molecule has 7 heteroatoms. The van der Waals surface area contributed by atoms with Crippen LogP contribution >= 0.6 is 23.7 Å². The molecule has 1 atom stereocenters. The van der Waals surface area contributed by atoms with Crippen LogP contribution in [0.25, 0.3) is 0 Å². The second-order valence-corrected chi connectivity index (χ2v) is 7.72. The third-order valence-corrected chi connectivity index (χ3v) is 6.38. The predicted octanol–water partition coefficient (Wildman–Crippen LogP) is 2.15. The lowest BCUT2D eigenvalue weighted by molar-refractivity contribution is 0.540. The van der Waals surface area contributed by atoms with Gasteiger partial charge in [0.2, 0.25) is 10.0 Å². The zero-order valence-corrected chi connectivity index (χ0v) is 13.5. The molecular weight excluding hydrogens is 304 g/mol. The molecule has 0 aliphatic carbocycles. The number of hydrogen-bond acceptors (Lipinski definition) is 4. The quantitative estimate of drug-likeness (QED) is 0.843. The lowest BCUT2D eigenvalue weighted by Crippen LogP contribution is -2.30. The van der Waals surface area contributed by atoms with Crippen LogP contribution < -0.4 is 10.0 Å². The van der Waals surface area contributed by atoms with Gasteiger partial charge in [0.05, 0.1) is 0 Å². The first-order chi connectivity index (χ1) is 8.62. The minimum absolute atomic E-state index is 0. The van der Waals surface area contributed by atoms with Crippen molar-refractivity contribution in [3.63, 3.8) is 0 Å². The largest absolute Gasteiger partial charge is 0.314 e. The average Bonchev–Trinajstić information content (AvgIpc) is 2.99. The predicted molar refractivity (Wildman–Crippen MR) is 81.8 cm³/mol. The molecule has 2 heterocycles. The number of thiophene rings is 1. The summed E-state index contributed by atoms with van der Waals surface area (Å²) < 4.78 is 27.1. The first-order valence-electron chi connectivity index (χ1n) is 6.43. The van der Waals surface area contributed by atoms with E-state index in [0.29, 0.717) is 16.8 Å². The summed E-state index contributed by atoms with van der Waals surface area (Å²) in [6.07, 6.45) is 4.10. The van der Waals surface area contributed by atoms with Crippen molar-refractivity contribution < 1.29 is 8.42 Å². The third kappa shape index (κ3) is 4.72. The van der Waals surface area contributed by atoms with E-state index in [0.717, 1.165) is 30.7 Å². The van der Waals surface area contributed by atoms with Crippen LogP contribution in [0.1, 0.15) is 31.1 Å². The average molecular weight is 325 g/mol. The Morgan fingerprint density at radius 3 is 2.84 bits per heavy atom. The Bertz CT molecular complexity index is 482. The van der Waals surface area contributed by atoms with Crippen molar-refractivity contribution in [3.05, 3.63) is 17.0 Å². The van der Waals surface area contributed by atoms with Gasteiger partial charge in [-0.25, -0.2) is 13.1 Å². The lowest BCUT2D eigenvalue weighted by atomic mass is 10.2. The SMILES string of the molecule is CCc1ccc(S(=O)(=O)NCC[C@H]2CCCN2)s1.Cl.